The first-order chi connectivity index (χ1) is 10.3. The van der Waals surface area contributed by atoms with E-state index in [9.17, 15) is 9.59 Å². The van der Waals surface area contributed by atoms with Crippen LogP contribution in [0.3, 0.4) is 0 Å². The molecule has 0 radical (unpaired) electrons. The zero-order valence-corrected chi connectivity index (χ0v) is 12.1. The summed E-state index contributed by atoms with van der Waals surface area (Å²) in [4.78, 5) is 24.1. The van der Waals surface area contributed by atoms with Gasteiger partial charge in [0, 0.05) is 17.2 Å². The fourth-order valence-corrected chi connectivity index (χ4v) is 2.31. The molecule has 5 nitrogen and oxygen atoms in total. The maximum atomic E-state index is 11.5. The molecule has 1 amide bonds. The van der Waals surface area contributed by atoms with Crippen molar-refractivity contribution >= 4 is 23.6 Å². The van der Waals surface area contributed by atoms with E-state index in [1.807, 2.05) is 30.3 Å². The second-order valence-electron chi connectivity index (χ2n) is 4.06. The molecule has 1 heterocycles. The maximum absolute atomic E-state index is 11.5. The van der Waals surface area contributed by atoms with Gasteiger partial charge in [-0.3, -0.25) is 4.79 Å². The minimum absolute atomic E-state index is 0.0856. The van der Waals surface area contributed by atoms with Crippen LogP contribution in [0.25, 0.3) is 0 Å². The molecule has 0 saturated heterocycles. The Morgan fingerprint density at radius 1 is 1.14 bits per heavy atom. The van der Waals surface area contributed by atoms with Gasteiger partial charge >= 0.3 is 5.97 Å². The lowest BCUT2D eigenvalue weighted by Gasteiger charge is -2.05. The zero-order valence-electron chi connectivity index (χ0n) is 11.3. The van der Waals surface area contributed by atoms with Crippen LogP contribution in [0.15, 0.2) is 58.0 Å². The van der Waals surface area contributed by atoms with Crippen LogP contribution in [-0.2, 0) is 9.53 Å². The van der Waals surface area contributed by atoms with Crippen molar-refractivity contribution in [2.75, 3.05) is 18.9 Å². The number of thioether (sulfide) groups is 1. The first-order valence-electron chi connectivity index (χ1n) is 6.41. The normalized spacial score (nSPS) is 10.1. The molecule has 0 fully saturated rings. The van der Waals surface area contributed by atoms with Crippen LogP contribution < -0.4 is 5.32 Å². The van der Waals surface area contributed by atoms with Crippen molar-refractivity contribution in [3.63, 3.8) is 0 Å². The molecule has 110 valence electrons. The number of nitrogens with one attached hydrogen (secondary N) is 1. The Bertz CT molecular complexity index is 569. The number of esters is 1. The van der Waals surface area contributed by atoms with Crippen LogP contribution in [0.5, 0.6) is 0 Å². The van der Waals surface area contributed by atoms with E-state index in [2.05, 4.69) is 5.32 Å². The van der Waals surface area contributed by atoms with Crippen molar-refractivity contribution in [1.82, 2.24) is 5.32 Å². The third-order valence-electron chi connectivity index (χ3n) is 2.49. The lowest BCUT2D eigenvalue weighted by molar-refractivity contribution is -0.124. The van der Waals surface area contributed by atoms with Crippen LogP contribution in [0, 0.1) is 0 Å². The molecule has 0 saturated carbocycles. The fraction of sp³-hybridized carbons (Fsp3) is 0.200. The minimum atomic E-state index is -0.645. The van der Waals surface area contributed by atoms with Gasteiger partial charge in [0.15, 0.2) is 6.61 Å². The van der Waals surface area contributed by atoms with Crippen LogP contribution in [0.2, 0.25) is 0 Å². The molecule has 1 N–H and O–H groups in total. The van der Waals surface area contributed by atoms with Gasteiger partial charge in [-0.15, -0.1) is 11.8 Å². The molecule has 0 bridgehead atoms. The summed E-state index contributed by atoms with van der Waals surface area (Å²) < 4.78 is 9.68. The van der Waals surface area contributed by atoms with Gasteiger partial charge in [-0.1, -0.05) is 18.2 Å². The zero-order chi connectivity index (χ0) is 14.9. The number of furan rings is 1. The number of benzene rings is 1. The average Bonchev–Trinajstić information content (AvgIpc) is 3.05. The highest BCUT2D eigenvalue weighted by atomic mass is 32.2. The van der Waals surface area contributed by atoms with E-state index < -0.39 is 5.97 Å². The molecule has 0 atom stereocenters. The summed E-state index contributed by atoms with van der Waals surface area (Å²) in [6.45, 7) is 0.201. The van der Waals surface area contributed by atoms with Gasteiger partial charge in [0.1, 0.15) is 0 Å². The second-order valence-corrected chi connectivity index (χ2v) is 5.23. The average molecular weight is 305 g/mol. The molecular formula is C15H15NO4S. The molecule has 2 aromatic rings. The summed E-state index contributed by atoms with van der Waals surface area (Å²) in [6.07, 6.45) is 1.37. The molecule has 0 aliphatic carbocycles. The van der Waals surface area contributed by atoms with Crippen LogP contribution in [-0.4, -0.2) is 30.8 Å². The van der Waals surface area contributed by atoms with Gasteiger partial charge in [-0.2, -0.15) is 0 Å². The second kappa shape index (κ2) is 8.16. The SMILES string of the molecule is O=C(COC(=O)c1ccco1)NCCSc1ccccc1. The van der Waals surface area contributed by atoms with Crippen LogP contribution in [0.1, 0.15) is 10.6 Å². The van der Waals surface area contributed by atoms with Crippen LogP contribution >= 0.6 is 11.8 Å². The number of carbonyl (C=O) groups is 2. The summed E-state index contributed by atoms with van der Waals surface area (Å²) in [5.74, 6) is -0.137. The predicted octanol–water partition coefficient (Wildman–Crippen LogP) is 2.34. The third-order valence-corrected chi connectivity index (χ3v) is 3.51. The Morgan fingerprint density at radius 2 is 1.95 bits per heavy atom. The van der Waals surface area contributed by atoms with E-state index in [0.29, 0.717) is 6.54 Å². The Balaban J connectivity index is 1.59. The van der Waals surface area contributed by atoms with E-state index in [1.54, 1.807) is 17.8 Å². The summed E-state index contributed by atoms with van der Waals surface area (Å²) in [5.41, 5.74) is 0. The number of ether oxygens (including phenoxy) is 1. The standard InChI is InChI=1S/C15H15NO4S/c17-14(11-20-15(18)13-7-4-9-19-13)16-8-10-21-12-5-2-1-3-6-12/h1-7,9H,8,10-11H2,(H,16,17). The van der Waals surface area contributed by atoms with Gasteiger partial charge in [0.25, 0.3) is 5.91 Å². The number of carbonyl (C=O) groups excluding carboxylic acids is 2. The molecule has 0 spiro atoms. The molecule has 6 heteroatoms. The maximum Gasteiger partial charge on any atom is 0.374 e. The first-order valence-corrected chi connectivity index (χ1v) is 7.39. The van der Waals surface area contributed by atoms with E-state index >= 15 is 0 Å². The van der Waals surface area contributed by atoms with E-state index in [-0.39, 0.29) is 18.3 Å². The summed E-state index contributed by atoms with van der Waals surface area (Å²) in [5, 5.41) is 2.69. The Kier molecular flexibility index (Phi) is 5.90. The molecular weight excluding hydrogens is 290 g/mol. The number of amides is 1. The van der Waals surface area contributed by atoms with Crippen molar-refractivity contribution in [2.45, 2.75) is 4.90 Å². The molecule has 0 aliphatic heterocycles. The molecule has 0 aliphatic rings. The smallest absolute Gasteiger partial charge is 0.374 e. The van der Waals surface area contributed by atoms with Gasteiger partial charge in [0.05, 0.1) is 6.26 Å². The number of hydrogen-bond acceptors (Lipinski definition) is 5. The van der Waals surface area contributed by atoms with Crippen molar-refractivity contribution in [3.05, 3.63) is 54.5 Å². The van der Waals surface area contributed by atoms with E-state index in [4.69, 9.17) is 9.15 Å². The minimum Gasteiger partial charge on any atom is -0.457 e. The van der Waals surface area contributed by atoms with E-state index in [1.165, 1.54) is 12.3 Å². The largest absolute Gasteiger partial charge is 0.457 e. The molecule has 0 unspecified atom stereocenters. The summed E-state index contributed by atoms with van der Waals surface area (Å²) in [7, 11) is 0. The monoisotopic (exact) mass is 305 g/mol. The predicted molar refractivity (Wildman–Crippen MR) is 79.2 cm³/mol. The molecule has 1 aromatic heterocycles. The Morgan fingerprint density at radius 3 is 2.67 bits per heavy atom. The fourth-order valence-electron chi connectivity index (χ4n) is 1.52. The van der Waals surface area contributed by atoms with Gasteiger partial charge in [-0.05, 0) is 24.3 Å². The Labute approximate surface area is 126 Å². The van der Waals surface area contributed by atoms with Crippen molar-refractivity contribution in [1.29, 1.82) is 0 Å². The van der Waals surface area contributed by atoms with Crippen LogP contribution in [0.4, 0.5) is 0 Å². The molecule has 21 heavy (non-hydrogen) atoms. The third kappa shape index (κ3) is 5.35. The highest BCUT2D eigenvalue weighted by Crippen LogP contribution is 2.15. The van der Waals surface area contributed by atoms with Gasteiger partial charge in [-0.25, -0.2) is 4.79 Å². The van der Waals surface area contributed by atoms with Gasteiger partial charge in [0.2, 0.25) is 5.76 Å². The van der Waals surface area contributed by atoms with Crippen molar-refractivity contribution in [3.8, 4) is 0 Å². The van der Waals surface area contributed by atoms with Crippen molar-refractivity contribution < 1.29 is 18.7 Å². The van der Waals surface area contributed by atoms with E-state index in [0.717, 1.165) is 10.6 Å². The highest BCUT2D eigenvalue weighted by molar-refractivity contribution is 7.99. The summed E-state index contributed by atoms with van der Waals surface area (Å²) in [6, 6.07) is 13.0. The lowest BCUT2D eigenvalue weighted by Crippen LogP contribution is -2.30. The molecule has 2 rings (SSSR count). The summed E-state index contributed by atoms with van der Waals surface area (Å²) >= 11 is 1.65. The first kappa shape index (κ1) is 15.2. The number of rotatable bonds is 7. The lowest BCUT2D eigenvalue weighted by atomic mass is 10.4. The topological polar surface area (TPSA) is 68.5 Å². The quantitative estimate of drug-likeness (QED) is 0.483. The molecule has 1 aromatic carbocycles. The Hall–Kier alpha value is -2.21. The van der Waals surface area contributed by atoms with Crippen molar-refractivity contribution in [2.24, 2.45) is 0 Å². The number of hydrogen-bond donors (Lipinski definition) is 1. The highest BCUT2D eigenvalue weighted by Gasteiger charge is 2.11. The van der Waals surface area contributed by atoms with Gasteiger partial charge < -0.3 is 14.5 Å².